The maximum atomic E-state index is 12.3. The molecule has 2 unspecified atom stereocenters. The molecule has 1 amide bonds. The van der Waals surface area contributed by atoms with Gasteiger partial charge in [-0.1, -0.05) is 23.7 Å². The second-order valence-electron chi connectivity index (χ2n) is 4.88. The van der Waals surface area contributed by atoms with Gasteiger partial charge in [-0.05, 0) is 31.5 Å². The normalized spacial score (nSPS) is 24.1. The van der Waals surface area contributed by atoms with E-state index in [2.05, 4.69) is 19.2 Å². The third-order valence-corrected chi connectivity index (χ3v) is 3.83. The van der Waals surface area contributed by atoms with Gasteiger partial charge in [0.05, 0.1) is 6.42 Å². The van der Waals surface area contributed by atoms with Crippen molar-refractivity contribution in [3.05, 3.63) is 34.9 Å². The molecule has 1 aliphatic rings. The van der Waals surface area contributed by atoms with Crippen molar-refractivity contribution < 1.29 is 4.79 Å². The van der Waals surface area contributed by atoms with E-state index in [0.29, 0.717) is 17.5 Å². The Morgan fingerprint density at radius 3 is 3.00 bits per heavy atom. The number of amides is 1. The molecule has 18 heavy (non-hydrogen) atoms. The number of halogens is 1. The summed E-state index contributed by atoms with van der Waals surface area (Å²) in [6, 6.07) is 8.10. The first kappa shape index (κ1) is 13.4. The van der Waals surface area contributed by atoms with E-state index in [1.165, 1.54) is 0 Å². The van der Waals surface area contributed by atoms with Gasteiger partial charge in [-0.3, -0.25) is 4.79 Å². The average Bonchev–Trinajstić information content (AvgIpc) is 2.32. The molecular formula is C14H19ClN2O. The minimum Gasteiger partial charge on any atom is -0.337 e. The van der Waals surface area contributed by atoms with E-state index < -0.39 is 0 Å². The van der Waals surface area contributed by atoms with Crippen LogP contribution in [0.3, 0.4) is 0 Å². The zero-order valence-electron chi connectivity index (χ0n) is 10.8. The highest BCUT2D eigenvalue weighted by Gasteiger charge is 2.27. The van der Waals surface area contributed by atoms with E-state index in [0.717, 1.165) is 18.7 Å². The van der Waals surface area contributed by atoms with Crippen molar-refractivity contribution in [1.29, 1.82) is 0 Å². The molecule has 0 radical (unpaired) electrons. The van der Waals surface area contributed by atoms with Crippen molar-refractivity contribution in [3.8, 4) is 0 Å². The Morgan fingerprint density at radius 2 is 2.28 bits per heavy atom. The van der Waals surface area contributed by atoms with Gasteiger partial charge in [0.25, 0.3) is 0 Å². The van der Waals surface area contributed by atoms with Crippen molar-refractivity contribution in [2.75, 3.05) is 13.1 Å². The Hall–Kier alpha value is -1.06. The molecule has 1 aliphatic heterocycles. The minimum absolute atomic E-state index is 0.179. The fourth-order valence-corrected chi connectivity index (χ4v) is 2.54. The lowest BCUT2D eigenvalue weighted by Gasteiger charge is -2.38. The first-order chi connectivity index (χ1) is 8.58. The predicted octanol–water partition coefficient (Wildman–Crippen LogP) is 2.09. The third kappa shape index (κ3) is 3.03. The van der Waals surface area contributed by atoms with E-state index in [9.17, 15) is 4.79 Å². The van der Waals surface area contributed by atoms with Gasteiger partial charge in [0.2, 0.25) is 5.91 Å². The number of piperazine rings is 1. The molecule has 0 saturated carbocycles. The number of benzene rings is 1. The molecule has 0 aromatic heterocycles. The SMILES string of the molecule is CC1NCCN(C(=O)Cc2cccc(Cl)c2)C1C. The van der Waals surface area contributed by atoms with Crippen molar-refractivity contribution in [1.82, 2.24) is 10.2 Å². The molecule has 4 heteroatoms. The zero-order chi connectivity index (χ0) is 13.1. The van der Waals surface area contributed by atoms with Crippen LogP contribution in [-0.4, -0.2) is 36.0 Å². The van der Waals surface area contributed by atoms with Gasteiger partial charge in [0.15, 0.2) is 0 Å². The summed E-state index contributed by atoms with van der Waals surface area (Å²) in [5, 5.41) is 4.06. The molecule has 0 aliphatic carbocycles. The molecule has 0 spiro atoms. The van der Waals surface area contributed by atoms with E-state index in [-0.39, 0.29) is 11.9 Å². The lowest BCUT2D eigenvalue weighted by atomic mass is 10.1. The number of carbonyl (C=O) groups is 1. The summed E-state index contributed by atoms with van der Waals surface area (Å²) in [6.07, 6.45) is 0.428. The van der Waals surface area contributed by atoms with Gasteiger partial charge < -0.3 is 10.2 Å². The molecule has 1 saturated heterocycles. The van der Waals surface area contributed by atoms with Crippen LogP contribution in [0.5, 0.6) is 0 Å². The lowest BCUT2D eigenvalue weighted by molar-refractivity contribution is -0.134. The molecule has 1 fully saturated rings. The molecule has 2 rings (SSSR count). The monoisotopic (exact) mass is 266 g/mol. The summed E-state index contributed by atoms with van der Waals surface area (Å²) >= 11 is 5.93. The zero-order valence-corrected chi connectivity index (χ0v) is 11.6. The molecule has 1 aromatic rings. The highest BCUT2D eigenvalue weighted by Crippen LogP contribution is 2.14. The maximum absolute atomic E-state index is 12.3. The minimum atomic E-state index is 0.179. The molecule has 0 bridgehead atoms. The maximum Gasteiger partial charge on any atom is 0.227 e. The number of nitrogens with one attached hydrogen (secondary N) is 1. The molecule has 2 atom stereocenters. The van der Waals surface area contributed by atoms with Crippen LogP contribution in [0.1, 0.15) is 19.4 Å². The average molecular weight is 267 g/mol. The molecule has 3 nitrogen and oxygen atoms in total. The van der Waals surface area contributed by atoms with E-state index >= 15 is 0 Å². The highest BCUT2D eigenvalue weighted by atomic mass is 35.5. The van der Waals surface area contributed by atoms with Gasteiger partial charge in [-0.15, -0.1) is 0 Å². The van der Waals surface area contributed by atoms with Crippen LogP contribution in [0.4, 0.5) is 0 Å². The standard InChI is InChI=1S/C14H19ClN2O/c1-10-11(2)17(7-6-16-10)14(18)9-12-4-3-5-13(15)8-12/h3-5,8,10-11,16H,6-7,9H2,1-2H3. The number of hydrogen-bond acceptors (Lipinski definition) is 2. The summed E-state index contributed by atoms with van der Waals surface area (Å²) in [5.41, 5.74) is 0.978. The summed E-state index contributed by atoms with van der Waals surface area (Å²) in [5.74, 6) is 0.179. The topological polar surface area (TPSA) is 32.3 Å². The van der Waals surface area contributed by atoms with Gasteiger partial charge in [0.1, 0.15) is 0 Å². The Bertz CT molecular complexity index is 436. The highest BCUT2D eigenvalue weighted by molar-refractivity contribution is 6.30. The van der Waals surface area contributed by atoms with Crippen LogP contribution < -0.4 is 5.32 Å². The van der Waals surface area contributed by atoms with E-state index in [4.69, 9.17) is 11.6 Å². The molecule has 1 heterocycles. The van der Waals surface area contributed by atoms with Crippen LogP contribution in [-0.2, 0) is 11.2 Å². The van der Waals surface area contributed by atoms with Crippen LogP contribution in [0, 0.1) is 0 Å². The molecule has 1 N–H and O–H groups in total. The molecule has 1 aromatic carbocycles. The fraction of sp³-hybridized carbons (Fsp3) is 0.500. The quantitative estimate of drug-likeness (QED) is 0.889. The third-order valence-electron chi connectivity index (χ3n) is 3.60. The van der Waals surface area contributed by atoms with Gasteiger partial charge >= 0.3 is 0 Å². The van der Waals surface area contributed by atoms with E-state index in [1.54, 1.807) is 0 Å². The lowest BCUT2D eigenvalue weighted by Crippen LogP contribution is -2.57. The molecule has 98 valence electrons. The van der Waals surface area contributed by atoms with Crippen LogP contribution in [0.25, 0.3) is 0 Å². The smallest absolute Gasteiger partial charge is 0.227 e. The molecular weight excluding hydrogens is 248 g/mol. The number of carbonyl (C=O) groups excluding carboxylic acids is 1. The number of nitrogens with zero attached hydrogens (tertiary/aromatic N) is 1. The predicted molar refractivity (Wildman–Crippen MR) is 73.8 cm³/mol. The van der Waals surface area contributed by atoms with Crippen molar-refractivity contribution in [2.45, 2.75) is 32.4 Å². The van der Waals surface area contributed by atoms with Gasteiger partial charge in [0, 0.05) is 30.2 Å². The summed E-state index contributed by atoms with van der Waals surface area (Å²) in [4.78, 5) is 14.3. The summed E-state index contributed by atoms with van der Waals surface area (Å²) in [7, 11) is 0. The van der Waals surface area contributed by atoms with Crippen molar-refractivity contribution in [2.24, 2.45) is 0 Å². The fourth-order valence-electron chi connectivity index (χ4n) is 2.33. The second kappa shape index (κ2) is 5.72. The largest absolute Gasteiger partial charge is 0.337 e. The Balaban J connectivity index is 2.03. The van der Waals surface area contributed by atoms with E-state index in [1.807, 2.05) is 29.2 Å². The number of rotatable bonds is 2. The number of hydrogen-bond donors (Lipinski definition) is 1. The first-order valence-electron chi connectivity index (χ1n) is 6.35. The Morgan fingerprint density at radius 1 is 1.50 bits per heavy atom. The van der Waals surface area contributed by atoms with Crippen LogP contribution >= 0.6 is 11.6 Å². The summed E-state index contributed by atoms with van der Waals surface area (Å²) in [6.45, 7) is 5.86. The van der Waals surface area contributed by atoms with Gasteiger partial charge in [-0.2, -0.15) is 0 Å². The Kier molecular flexibility index (Phi) is 4.25. The first-order valence-corrected chi connectivity index (χ1v) is 6.73. The van der Waals surface area contributed by atoms with Crippen LogP contribution in [0.2, 0.25) is 5.02 Å². The van der Waals surface area contributed by atoms with Crippen LogP contribution in [0.15, 0.2) is 24.3 Å². The van der Waals surface area contributed by atoms with Gasteiger partial charge in [-0.25, -0.2) is 0 Å². The van der Waals surface area contributed by atoms with Crippen molar-refractivity contribution in [3.63, 3.8) is 0 Å². The summed E-state index contributed by atoms with van der Waals surface area (Å²) < 4.78 is 0. The Labute approximate surface area is 113 Å². The second-order valence-corrected chi connectivity index (χ2v) is 5.31. The van der Waals surface area contributed by atoms with Crippen molar-refractivity contribution >= 4 is 17.5 Å².